The Morgan fingerprint density at radius 2 is 0.318 bits per heavy atom. The van der Waals surface area contributed by atoms with Crippen molar-refractivity contribution in [3.8, 4) is 0 Å². The number of carbonyl (C=O) groups excluding carboxylic acids is 2. The minimum atomic E-state index is -3.03. The molecule has 0 radical (unpaired) electrons. The Morgan fingerprint density at radius 3 is 0.439 bits per heavy atom. The fraction of sp³-hybridized carbons (Fsp3) is 0.928. The molecule has 0 aliphatic heterocycles. The van der Waals surface area contributed by atoms with Gasteiger partial charge in [0.1, 0.15) is 0 Å². The second-order valence-corrected chi connectivity index (χ2v) is 28.5. The number of hydrogen-bond acceptors (Lipinski definition) is 24. The standard InChI is InChI=1S/C83H156O24/c1-27-47-86-72(74(88-49-29-3,89-50-30-4)78(96-57-37-11,97-58-38-12)82(104-65-45-19,106-69(84)67(21)22)79(98-59-39-13,99-60-40-14)75(72,90-51-31-5)91-52-32-6)71(25,26)73(87-48-28-2)76(92-53-33-7,93-54-34-8)80(100-61-41-15,101-62-42-16)83(105-66-46-20,107-70(85)68(23)24)81(102-63-43-17,103-64-44-18)77(73,94-55-35-9)95-56-36-10/h21,23,27-66H2,1-20,22,24-26H3. The number of hydrogen-bond donors (Lipinski definition) is 0. The van der Waals surface area contributed by atoms with Gasteiger partial charge in [0.25, 0.3) is 23.1 Å². The Balaban J connectivity index is 5.25. The van der Waals surface area contributed by atoms with Gasteiger partial charge in [-0.2, -0.15) is 0 Å². The summed E-state index contributed by atoms with van der Waals surface area (Å²) in [5.41, 5.74) is -8.62. The highest BCUT2D eigenvalue weighted by Crippen LogP contribution is 2.80. The summed E-state index contributed by atoms with van der Waals surface area (Å²) in [5.74, 6) is -31.7. The van der Waals surface area contributed by atoms with Crippen LogP contribution in [-0.4, -0.2) is 213 Å². The smallest absolute Gasteiger partial charge is 0.336 e. The Labute approximate surface area is 648 Å². The molecule has 0 saturated heterocycles. The predicted octanol–water partition coefficient (Wildman–Crippen LogP) is 17.3. The van der Waals surface area contributed by atoms with Gasteiger partial charge in [-0.15, -0.1) is 0 Å². The van der Waals surface area contributed by atoms with Crippen LogP contribution in [0.15, 0.2) is 24.3 Å². The molecule has 24 nitrogen and oxygen atoms in total. The van der Waals surface area contributed by atoms with Crippen LogP contribution in [0.1, 0.15) is 295 Å². The van der Waals surface area contributed by atoms with Gasteiger partial charge in [-0.25, -0.2) is 9.59 Å². The molecule has 2 rings (SSSR count). The Kier molecular flexibility index (Phi) is 45.9. The molecule has 0 unspecified atom stereocenters. The van der Waals surface area contributed by atoms with Crippen molar-refractivity contribution in [3.05, 3.63) is 24.3 Å². The van der Waals surface area contributed by atoms with Crippen molar-refractivity contribution in [2.45, 2.75) is 364 Å². The number of carbonyl (C=O) groups is 2. The fourth-order valence-corrected chi connectivity index (χ4v) is 14.8. The summed E-state index contributed by atoms with van der Waals surface area (Å²) in [6, 6.07) is 0. The average Bonchev–Trinajstić information content (AvgIpc) is 0.608. The molecule has 0 atom stereocenters. The van der Waals surface area contributed by atoms with Crippen LogP contribution in [0.4, 0.5) is 0 Å². The molecular weight excluding hydrogens is 1380 g/mol. The van der Waals surface area contributed by atoms with Crippen LogP contribution >= 0.6 is 0 Å². The Morgan fingerprint density at radius 1 is 0.206 bits per heavy atom. The summed E-state index contributed by atoms with van der Waals surface area (Å²) in [6.45, 7) is 50.4. The molecule has 0 aromatic rings. The van der Waals surface area contributed by atoms with Crippen molar-refractivity contribution in [1.29, 1.82) is 0 Å². The first kappa shape index (κ1) is 101. The van der Waals surface area contributed by atoms with Crippen LogP contribution in [0.3, 0.4) is 0 Å². The molecule has 0 amide bonds. The largest absolute Gasteiger partial charge is 0.417 e. The minimum absolute atomic E-state index is 0.0501. The second kappa shape index (κ2) is 48.7. The van der Waals surface area contributed by atoms with Crippen LogP contribution in [0.5, 0.6) is 0 Å². The molecule has 0 heterocycles. The van der Waals surface area contributed by atoms with Crippen LogP contribution in [-0.2, 0) is 114 Å². The van der Waals surface area contributed by atoms with Crippen LogP contribution < -0.4 is 0 Å². The summed E-state index contributed by atoms with van der Waals surface area (Å²) in [6.07, 6.45) is 5.69. The summed E-state index contributed by atoms with van der Waals surface area (Å²) in [4.78, 5) is 32.4. The van der Waals surface area contributed by atoms with E-state index in [1.54, 1.807) is 0 Å². The van der Waals surface area contributed by atoms with Crippen LogP contribution in [0.2, 0.25) is 0 Å². The zero-order chi connectivity index (χ0) is 80.7. The molecule has 632 valence electrons. The van der Waals surface area contributed by atoms with E-state index in [4.69, 9.17) is 104 Å². The van der Waals surface area contributed by atoms with E-state index in [-0.39, 0.29) is 207 Å². The van der Waals surface area contributed by atoms with Gasteiger partial charge in [0.2, 0.25) is 0 Å². The average molecular weight is 1540 g/mol. The zero-order valence-corrected chi connectivity index (χ0v) is 72.0. The van der Waals surface area contributed by atoms with Crippen molar-refractivity contribution < 1.29 is 114 Å². The van der Waals surface area contributed by atoms with Crippen molar-refractivity contribution >= 4 is 11.9 Å². The lowest BCUT2D eigenvalue weighted by Gasteiger charge is -2.81. The van der Waals surface area contributed by atoms with Crippen molar-refractivity contribution in [3.63, 3.8) is 0 Å². The van der Waals surface area contributed by atoms with Gasteiger partial charge in [-0.1, -0.05) is 165 Å². The van der Waals surface area contributed by atoms with Gasteiger partial charge in [-0.05, 0) is 142 Å². The highest BCUT2D eigenvalue weighted by atomic mass is 16.9. The second-order valence-electron chi connectivity index (χ2n) is 28.5. The van der Waals surface area contributed by atoms with Crippen molar-refractivity contribution in [1.82, 2.24) is 0 Å². The maximum absolute atomic E-state index is 16.2. The van der Waals surface area contributed by atoms with Gasteiger partial charge >= 0.3 is 46.7 Å². The molecule has 0 N–H and O–H groups in total. The lowest BCUT2D eigenvalue weighted by atomic mass is 9.43. The van der Waals surface area contributed by atoms with Gasteiger partial charge in [-0.3, -0.25) is 0 Å². The first-order valence-electron chi connectivity index (χ1n) is 41.9. The van der Waals surface area contributed by atoms with Gasteiger partial charge in [0.15, 0.2) is 11.2 Å². The Hall–Kier alpha value is -2.38. The third-order valence-corrected chi connectivity index (χ3v) is 18.5. The first-order valence-corrected chi connectivity index (χ1v) is 41.9. The zero-order valence-electron chi connectivity index (χ0n) is 72.0. The summed E-state index contributed by atoms with van der Waals surface area (Å²) in [5, 5.41) is 0. The van der Waals surface area contributed by atoms with E-state index >= 15 is 9.59 Å². The normalized spacial score (nSPS) is 23.1. The van der Waals surface area contributed by atoms with E-state index in [1.165, 1.54) is 13.8 Å². The highest BCUT2D eigenvalue weighted by Gasteiger charge is 3.08. The highest BCUT2D eigenvalue weighted by molar-refractivity contribution is 5.88. The van der Waals surface area contributed by atoms with Gasteiger partial charge in [0, 0.05) is 29.8 Å². The molecule has 2 aliphatic carbocycles. The maximum Gasteiger partial charge on any atom is 0.336 e. The van der Waals surface area contributed by atoms with E-state index in [2.05, 4.69) is 13.2 Å². The molecule has 0 spiro atoms. The van der Waals surface area contributed by atoms with E-state index in [9.17, 15) is 0 Å². The van der Waals surface area contributed by atoms with Gasteiger partial charge in [0.05, 0.1) is 119 Å². The number of ether oxygens (including phenoxy) is 22. The lowest BCUT2D eigenvalue weighted by Crippen LogP contribution is -3.06. The monoisotopic (exact) mass is 1540 g/mol. The molecule has 107 heavy (non-hydrogen) atoms. The maximum atomic E-state index is 16.2. The topological polar surface area (TPSA) is 237 Å². The molecule has 0 bridgehead atoms. The Bertz CT molecular complexity index is 2120. The van der Waals surface area contributed by atoms with Crippen molar-refractivity contribution in [2.75, 3.05) is 132 Å². The molecule has 24 heteroatoms. The lowest BCUT2D eigenvalue weighted by molar-refractivity contribution is -0.673. The van der Waals surface area contributed by atoms with Crippen LogP contribution in [0, 0.1) is 5.41 Å². The van der Waals surface area contributed by atoms with Crippen LogP contribution in [0.25, 0.3) is 0 Å². The minimum Gasteiger partial charge on any atom is -0.417 e. The fourth-order valence-electron chi connectivity index (χ4n) is 14.8. The van der Waals surface area contributed by atoms with E-state index < -0.39 is 86.4 Å². The quantitative estimate of drug-likeness (QED) is 0.0312. The third-order valence-electron chi connectivity index (χ3n) is 18.5. The summed E-state index contributed by atoms with van der Waals surface area (Å²) < 4.78 is 180. The molecular formula is C83H156O24. The molecule has 2 saturated carbocycles. The molecule has 0 aromatic carbocycles. The predicted molar refractivity (Wildman–Crippen MR) is 413 cm³/mol. The number of rotatable bonds is 66. The van der Waals surface area contributed by atoms with Gasteiger partial charge < -0.3 is 104 Å². The van der Waals surface area contributed by atoms with E-state index in [0.717, 1.165) is 0 Å². The molecule has 2 fully saturated rings. The van der Waals surface area contributed by atoms with E-state index in [1.807, 2.05) is 152 Å². The van der Waals surface area contributed by atoms with Crippen molar-refractivity contribution in [2.24, 2.45) is 5.41 Å². The third kappa shape index (κ3) is 18.3. The first-order chi connectivity index (χ1) is 51.4. The molecule has 2 aliphatic rings. The van der Waals surface area contributed by atoms with E-state index in [0.29, 0.717) is 64.2 Å². The summed E-state index contributed by atoms with van der Waals surface area (Å²) in [7, 11) is 0. The SMILES string of the molecule is C=C(C)C(=O)OC1(OCCC)C(OCCC)(OCCC)C(OCCC)(OCCC)C(OCCC)(C(C)(C)C2(OCCC)C(OCCC)(OCCC)C(OCCC)(OCCC)C(OCCC)(OC(=O)C(=C)C)C(OCCC)(OCCC)C2(OCCC)OCCC)C(OCCC)(OCCC)C1(OCCC)OCCC. The number of esters is 2. The molecule has 0 aromatic heterocycles. The summed E-state index contributed by atoms with van der Waals surface area (Å²) >= 11 is 0.